The zero-order valence-electron chi connectivity index (χ0n) is 19.7. The highest BCUT2D eigenvalue weighted by Gasteiger charge is 2.31. The van der Waals surface area contributed by atoms with Gasteiger partial charge in [0, 0.05) is 75.7 Å². The first kappa shape index (κ1) is 22.0. The lowest BCUT2D eigenvalue weighted by Crippen LogP contribution is -2.55. The molecule has 3 aromatic rings. The Morgan fingerprint density at radius 3 is 2.43 bits per heavy atom. The summed E-state index contributed by atoms with van der Waals surface area (Å²) in [5.41, 5.74) is 7.68. The fraction of sp³-hybridized carbons (Fsp3) is 0.480. The van der Waals surface area contributed by atoms with Crippen LogP contribution in [0.4, 0.5) is 5.95 Å². The monoisotopic (exact) mass is 474 g/mol. The lowest BCUT2D eigenvalue weighted by molar-refractivity contribution is -0.134. The number of carbonyl (C=O) groups excluding carboxylic acids is 2. The van der Waals surface area contributed by atoms with Crippen LogP contribution < -0.4 is 10.6 Å². The summed E-state index contributed by atoms with van der Waals surface area (Å²) in [6.45, 7) is 5.95. The Balaban J connectivity index is 0.965. The molecule has 10 heteroatoms. The van der Waals surface area contributed by atoms with E-state index in [4.69, 9.17) is 5.73 Å². The van der Waals surface area contributed by atoms with Crippen molar-refractivity contribution in [2.45, 2.75) is 25.3 Å². The van der Waals surface area contributed by atoms with Gasteiger partial charge < -0.3 is 20.1 Å². The Kier molecular flexibility index (Phi) is 5.60. The number of primary amides is 1. The first-order valence-corrected chi connectivity index (χ1v) is 12.4. The number of pyridine rings is 1. The Bertz CT molecular complexity index is 1240. The molecular formula is C25H30N8O2. The standard InChI is InChI=1S/C25H30N8O2/c26-23(35)21-4-3-19-5-6-33(24(19)29-21)15-17-13-30(14-17)16-22(34)31-7-9-32(10-8-31)25-27-11-20(12-28-25)18-1-2-18/h3-6,11-12,17-18H,1-2,7-10,13-16H2,(H2,26,35). The minimum atomic E-state index is -0.521. The van der Waals surface area contributed by atoms with Gasteiger partial charge in [-0.2, -0.15) is 0 Å². The summed E-state index contributed by atoms with van der Waals surface area (Å²) in [7, 11) is 0. The Morgan fingerprint density at radius 2 is 1.74 bits per heavy atom. The van der Waals surface area contributed by atoms with Crippen molar-refractivity contribution in [3.63, 3.8) is 0 Å². The molecule has 2 amide bonds. The molecule has 182 valence electrons. The number of piperazine rings is 1. The largest absolute Gasteiger partial charge is 0.364 e. The van der Waals surface area contributed by atoms with Gasteiger partial charge in [-0.15, -0.1) is 0 Å². The predicted molar refractivity (Wildman–Crippen MR) is 131 cm³/mol. The second-order valence-electron chi connectivity index (χ2n) is 9.96. The molecule has 2 N–H and O–H groups in total. The molecule has 0 aromatic carbocycles. The van der Waals surface area contributed by atoms with E-state index in [1.165, 1.54) is 18.4 Å². The van der Waals surface area contributed by atoms with Gasteiger partial charge in [-0.3, -0.25) is 14.5 Å². The summed E-state index contributed by atoms with van der Waals surface area (Å²) in [4.78, 5) is 44.2. The van der Waals surface area contributed by atoms with Gasteiger partial charge in [0.25, 0.3) is 5.91 Å². The molecule has 0 atom stereocenters. The van der Waals surface area contributed by atoms with Crippen LogP contribution in [0.15, 0.2) is 36.8 Å². The lowest BCUT2D eigenvalue weighted by atomic mass is 10.00. The molecule has 3 fully saturated rings. The van der Waals surface area contributed by atoms with Crippen molar-refractivity contribution < 1.29 is 9.59 Å². The molecule has 1 saturated carbocycles. The number of hydrogen-bond donors (Lipinski definition) is 1. The molecule has 0 bridgehead atoms. The number of likely N-dealkylation sites (tertiary alicyclic amines) is 1. The third-order valence-electron chi connectivity index (χ3n) is 7.33. The number of carbonyl (C=O) groups is 2. The van der Waals surface area contributed by atoms with E-state index < -0.39 is 5.91 Å². The number of nitrogens with zero attached hydrogens (tertiary/aromatic N) is 7. The zero-order valence-corrected chi connectivity index (χ0v) is 19.7. The molecule has 6 rings (SSSR count). The molecule has 0 spiro atoms. The number of aromatic nitrogens is 4. The van der Waals surface area contributed by atoms with Crippen LogP contribution in [0.5, 0.6) is 0 Å². The van der Waals surface area contributed by atoms with E-state index in [2.05, 4.69) is 29.3 Å². The third-order valence-corrected chi connectivity index (χ3v) is 7.33. The van der Waals surface area contributed by atoms with Gasteiger partial charge in [-0.1, -0.05) is 0 Å². The quantitative estimate of drug-likeness (QED) is 0.545. The minimum absolute atomic E-state index is 0.187. The second-order valence-corrected chi connectivity index (χ2v) is 9.96. The maximum atomic E-state index is 12.8. The van der Waals surface area contributed by atoms with Crippen LogP contribution in [0.1, 0.15) is 34.8 Å². The third kappa shape index (κ3) is 4.58. The van der Waals surface area contributed by atoms with E-state index in [1.807, 2.05) is 35.6 Å². The average molecular weight is 475 g/mol. The summed E-state index contributed by atoms with van der Waals surface area (Å²) in [6.07, 6.45) is 8.42. The molecule has 10 nitrogen and oxygen atoms in total. The summed E-state index contributed by atoms with van der Waals surface area (Å²) in [5.74, 6) is 1.54. The highest BCUT2D eigenvalue weighted by Crippen LogP contribution is 2.39. The van der Waals surface area contributed by atoms with Crippen LogP contribution >= 0.6 is 0 Å². The fourth-order valence-electron chi connectivity index (χ4n) is 5.11. The smallest absolute Gasteiger partial charge is 0.267 e. The maximum absolute atomic E-state index is 12.8. The first-order chi connectivity index (χ1) is 17.0. The molecular weight excluding hydrogens is 444 g/mol. The van der Waals surface area contributed by atoms with E-state index in [0.717, 1.165) is 49.7 Å². The van der Waals surface area contributed by atoms with E-state index >= 15 is 0 Å². The fourth-order valence-corrected chi connectivity index (χ4v) is 5.11. The first-order valence-electron chi connectivity index (χ1n) is 12.4. The summed E-state index contributed by atoms with van der Waals surface area (Å²) in [5, 5.41) is 0.991. The van der Waals surface area contributed by atoms with Crippen molar-refractivity contribution >= 4 is 28.8 Å². The summed E-state index contributed by atoms with van der Waals surface area (Å²) < 4.78 is 2.07. The SMILES string of the molecule is NC(=O)c1ccc2ccn(CC3CN(CC(=O)N4CCN(c5ncc(C6CC6)cn5)CC4)C3)c2n1. The average Bonchev–Trinajstić information content (AvgIpc) is 3.63. The molecule has 0 unspecified atom stereocenters. The van der Waals surface area contributed by atoms with Crippen molar-refractivity contribution in [3.8, 4) is 0 Å². The highest BCUT2D eigenvalue weighted by atomic mass is 16.2. The van der Waals surface area contributed by atoms with Crippen molar-refractivity contribution in [2.75, 3.05) is 50.7 Å². The molecule has 35 heavy (non-hydrogen) atoms. The van der Waals surface area contributed by atoms with Crippen LogP contribution in [0.25, 0.3) is 11.0 Å². The van der Waals surface area contributed by atoms with E-state index in [1.54, 1.807) is 6.07 Å². The molecule has 3 aliphatic rings. The predicted octanol–water partition coefficient (Wildman–Crippen LogP) is 1.08. The van der Waals surface area contributed by atoms with E-state index in [-0.39, 0.29) is 11.6 Å². The number of nitrogens with two attached hydrogens (primary N) is 1. The van der Waals surface area contributed by atoms with Crippen molar-refractivity contribution in [2.24, 2.45) is 11.7 Å². The van der Waals surface area contributed by atoms with Crippen molar-refractivity contribution in [3.05, 3.63) is 48.0 Å². The van der Waals surface area contributed by atoms with Gasteiger partial charge in [-0.05, 0) is 42.5 Å². The topological polar surface area (TPSA) is 113 Å². The van der Waals surface area contributed by atoms with Crippen LogP contribution in [-0.4, -0.2) is 86.9 Å². The number of fused-ring (bicyclic) bond motifs is 1. The minimum Gasteiger partial charge on any atom is -0.364 e. The van der Waals surface area contributed by atoms with Gasteiger partial charge in [0.05, 0.1) is 6.54 Å². The highest BCUT2D eigenvalue weighted by molar-refractivity contribution is 5.93. The van der Waals surface area contributed by atoms with Crippen LogP contribution in [0, 0.1) is 5.92 Å². The van der Waals surface area contributed by atoms with E-state index in [0.29, 0.717) is 31.5 Å². The molecule has 2 aliphatic heterocycles. The Hall–Kier alpha value is -3.53. The maximum Gasteiger partial charge on any atom is 0.267 e. The van der Waals surface area contributed by atoms with Crippen LogP contribution in [-0.2, 0) is 11.3 Å². The lowest BCUT2D eigenvalue weighted by Gasteiger charge is -2.41. The van der Waals surface area contributed by atoms with Crippen LogP contribution in [0.3, 0.4) is 0 Å². The normalized spacial score (nSPS) is 19.2. The molecule has 0 radical (unpaired) electrons. The molecule has 2 saturated heterocycles. The number of hydrogen-bond acceptors (Lipinski definition) is 7. The Labute approximate surface area is 203 Å². The number of anilines is 1. The van der Waals surface area contributed by atoms with Gasteiger partial charge in [0.1, 0.15) is 11.3 Å². The number of rotatable bonds is 7. The molecule has 1 aliphatic carbocycles. The van der Waals surface area contributed by atoms with Gasteiger partial charge in [0.15, 0.2) is 0 Å². The van der Waals surface area contributed by atoms with Gasteiger partial charge >= 0.3 is 0 Å². The zero-order chi connectivity index (χ0) is 23.9. The van der Waals surface area contributed by atoms with Crippen LogP contribution in [0.2, 0.25) is 0 Å². The summed E-state index contributed by atoms with van der Waals surface area (Å²) in [6, 6.07) is 5.53. The van der Waals surface area contributed by atoms with Gasteiger partial charge in [0.2, 0.25) is 11.9 Å². The van der Waals surface area contributed by atoms with Gasteiger partial charge in [-0.25, -0.2) is 15.0 Å². The summed E-state index contributed by atoms with van der Waals surface area (Å²) >= 11 is 0. The molecule has 3 aromatic heterocycles. The van der Waals surface area contributed by atoms with Crippen molar-refractivity contribution in [1.29, 1.82) is 0 Å². The molecule has 5 heterocycles. The second kappa shape index (κ2) is 8.92. The Morgan fingerprint density at radius 1 is 1.00 bits per heavy atom. The van der Waals surface area contributed by atoms with E-state index in [9.17, 15) is 9.59 Å². The van der Waals surface area contributed by atoms with Crippen molar-refractivity contribution in [1.82, 2.24) is 29.3 Å². The number of amides is 2.